The van der Waals surface area contributed by atoms with E-state index in [2.05, 4.69) is 34.1 Å². The van der Waals surface area contributed by atoms with Crippen LogP contribution in [0.1, 0.15) is 40.7 Å². The minimum Gasteiger partial charge on any atom is -0.390 e. The molecular formula is C25H32N2O2. The lowest BCUT2D eigenvalue weighted by Crippen LogP contribution is -2.55. The Kier molecular flexibility index (Phi) is 6.43. The van der Waals surface area contributed by atoms with E-state index in [0.717, 1.165) is 57.5 Å². The van der Waals surface area contributed by atoms with Crippen molar-refractivity contribution < 1.29 is 9.90 Å². The van der Waals surface area contributed by atoms with Crippen LogP contribution in [0.5, 0.6) is 0 Å². The fourth-order valence-corrected chi connectivity index (χ4v) is 4.84. The summed E-state index contributed by atoms with van der Waals surface area (Å²) >= 11 is 0. The lowest BCUT2D eigenvalue weighted by Gasteiger charge is -2.44. The van der Waals surface area contributed by atoms with Gasteiger partial charge in [-0.25, -0.2) is 0 Å². The monoisotopic (exact) mass is 392 g/mol. The van der Waals surface area contributed by atoms with E-state index >= 15 is 0 Å². The van der Waals surface area contributed by atoms with Gasteiger partial charge in [0.2, 0.25) is 0 Å². The summed E-state index contributed by atoms with van der Waals surface area (Å²) < 4.78 is 0. The predicted octanol–water partition coefficient (Wildman–Crippen LogP) is 3.53. The number of rotatable bonds is 5. The summed E-state index contributed by atoms with van der Waals surface area (Å²) in [4.78, 5) is 17.6. The number of aliphatic hydroxyl groups excluding tert-OH is 1. The summed E-state index contributed by atoms with van der Waals surface area (Å²) in [6.07, 6.45) is 2.45. The number of carbonyl (C=O) groups is 1. The quantitative estimate of drug-likeness (QED) is 0.791. The maximum absolute atomic E-state index is 12.8. The number of aryl methyl sites for hydroxylation is 1. The zero-order chi connectivity index (χ0) is 20.2. The summed E-state index contributed by atoms with van der Waals surface area (Å²) in [6.45, 7) is 6.49. The van der Waals surface area contributed by atoms with Crippen molar-refractivity contribution in [3.8, 4) is 0 Å². The Morgan fingerprint density at radius 1 is 0.966 bits per heavy atom. The molecule has 0 amide bonds. The van der Waals surface area contributed by atoms with E-state index in [-0.39, 0.29) is 23.8 Å². The predicted molar refractivity (Wildman–Crippen MR) is 116 cm³/mol. The van der Waals surface area contributed by atoms with Gasteiger partial charge in [0.15, 0.2) is 5.78 Å². The highest BCUT2D eigenvalue weighted by Crippen LogP contribution is 2.27. The Bertz CT molecular complexity index is 797. The Labute approximate surface area is 174 Å². The molecule has 2 aliphatic rings. The third-order valence-electron chi connectivity index (χ3n) is 6.58. The van der Waals surface area contributed by atoms with Crippen molar-refractivity contribution in [2.75, 3.05) is 26.2 Å². The van der Waals surface area contributed by atoms with Crippen LogP contribution in [0, 0.1) is 12.8 Å². The lowest BCUT2D eigenvalue weighted by molar-refractivity contribution is -0.0251. The van der Waals surface area contributed by atoms with Gasteiger partial charge in [-0.1, -0.05) is 60.2 Å². The van der Waals surface area contributed by atoms with Crippen molar-refractivity contribution in [1.29, 1.82) is 0 Å². The van der Waals surface area contributed by atoms with E-state index in [4.69, 9.17) is 0 Å². The fraction of sp³-hybridized carbons (Fsp3) is 0.480. The first-order valence-corrected chi connectivity index (χ1v) is 10.9. The molecule has 154 valence electrons. The smallest absolute Gasteiger partial charge is 0.166 e. The number of aliphatic hydroxyl groups is 1. The number of likely N-dealkylation sites (tertiary alicyclic amines) is 2. The number of nitrogens with zero attached hydrogens (tertiary/aromatic N) is 2. The van der Waals surface area contributed by atoms with E-state index in [1.807, 2.05) is 37.3 Å². The second-order valence-corrected chi connectivity index (χ2v) is 8.68. The average Bonchev–Trinajstić information content (AvgIpc) is 2.75. The fourth-order valence-electron chi connectivity index (χ4n) is 4.84. The summed E-state index contributed by atoms with van der Waals surface area (Å²) in [5.74, 6) is 0.396. The first kappa shape index (κ1) is 20.3. The lowest BCUT2D eigenvalue weighted by atomic mass is 9.87. The summed E-state index contributed by atoms with van der Waals surface area (Å²) in [5, 5.41) is 10.8. The minimum atomic E-state index is -0.322. The maximum Gasteiger partial charge on any atom is 0.166 e. The third-order valence-corrected chi connectivity index (χ3v) is 6.58. The van der Waals surface area contributed by atoms with Gasteiger partial charge in [0.1, 0.15) is 0 Å². The highest BCUT2D eigenvalue weighted by Gasteiger charge is 2.35. The SMILES string of the molecule is Cc1ccc(C(=O)C2CCN(C3CCN(Cc4ccccc4)CC3O)CC2)cc1. The van der Waals surface area contributed by atoms with E-state index in [0.29, 0.717) is 0 Å². The Balaban J connectivity index is 1.28. The summed E-state index contributed by atoms with van der Waals surface area (Å²) in [5.41, 5.74) is 3.32. The van der Waals surface area contributed by atoms with E-state index in [9.17, 15) is 9.90 Å². The van der Waals surface area contributed by atoms with Crippen LogP contribution in [0.2, 0.25) is 0 Å². The molecule has 0 aromatic heterocycles. The van der Waals surface area contributed by atoms with Gasteiger partial charge in [-0.3, -0.25) is 14.6 Å². The highest BCUT2D eigenvalue weighted by atomic mass is 16.3. The van der Waals surface area contributed by atoms with Gasteiger partial charge in [0, 0.05) is 37.2 Å². The maximum atomic E-state index is 12.8. The van der Waals surface area contributed by atoms with Crippen LogP contribution in [-0.2, 0) is 6.54 Å². The van der Waals surface area contributed by atoms with Gasteiger partial charge in [0.05, 0.1) is 6.10 Å². The number of benzene rings is 2. The molecule has 4 nitrogen and oxygen atoms in total. The molecule has 29 heavy (non-hydrogen) atoms. The second-order valence-electron chi connectivity index (χ2n) is 8.68. The van der Waals surface area contributed by atoms with Gasteiger partial charge in [0.25, 0.3) is 0 Å². The van der Waals surface area contributed by atoms with Crippen LogP contribution in [0.25, 0.3) is 0 Å². The molecule has 0 aliphatic carbocycles. The molecule has 2 saturated heterocycles. The molecule has 1 N–H and O–H groups in total. The minimum absolute atomic E-state index is 0.115. The number of ketones is 1. The second kappa shape index (κ2) is 9.21. The third kappa shape index (κ3) is 4.95. The molecule has 2 atom stereocenters. The zero-order valence-corrected chi connectivity index (χ0v) is 17.3. The number of β-amino-alcohol motifs (C(OH)–C–C–N with tert-alkyl or cyclic N) is 1. The molecule has 2 aliphatic heterocycles. The van der Waals surface area contributed by atoms with Crippen molar-refractivity contribution in [3.63, 3.8) is 0 Å². The largest absolute Gasteiger partial charge is 0.390 e. The Morgan fingerprint density at radius 3 is 2.31 bits per heavy atom. The molecule has 4 rings (SSSR count). The van der Waals surface area contributed by atoms with E-state index in [1.54, 1.807) is 0 Å². The van der Waals surface area contributed by atoms with E-state index < -0.39 is 0 Å². The van der Waals surface area contributed by atoms with Crippen LogP contribution in [-0.4, -0.2) is 59.0 Å². The normalized spacial score (nSPS) is 24.5. The first-order chi connectivity index (χ1) is 14.1. The van der Waals surface area contributed by atoms with Crippen LogP contribution < -0.4 is 0 Å². The number of hydrogen-bond acceptors (Lipinski definition) is 4. The topological polar surface area (TPSA) is 43.8 Å². The molecule has 4 heteroatoms. The van der Waals surface area contributed by atoms with Crippen LogP contribution in [0.15, 0.2) is 54.6 Å². The molecule has 2 fully saturated rings. The van der Waals surface area contributed by atoms with Gasteiger partial charge >= 0.3 is 0 Å². The molecule has 2 heterocycles. The standard InChI is InChI=1S/C25H32N2O2/c1-19-7-9-21(10-8-19)25(29)22-11-15-27(16-12-22)23-13-14-26(18-24(23)28)17-20-5-3-2-4-6-20/h2-10,22-24,28H,11-18H2,1H3. The summed E-state index contributed by atoms with van der Waals surface area (Å²) in [6, 6.07) is 18.6. The van der Waals surface area contributed by atoms with Crippen LogP contribution in [0.4, 0.5) is 0 Å². The molecular weight excluding hydrogens is 360 g/mol. The van der Waals surface area contributed by atoms with Crippen LogP contribution in [0.3, 0.4) is 0 Å². The molecule has 2 aromatic carbocycles. The first-order valence-electron chi connectivity index (χ1n) is 10.9. The zero-order valence-electron chi connectivity index (χ0n) is 17.3. The number of piperidine rings is 2. The Hall–Kier alpha value is -2.01. The van der Waals surface area contributed by atoms with Crippen molar-refractivity contribution in [3.05, 3.63) is 71.3 Å². The van der Waals surface area contributed by atoms with Gasteiger partial charge < -0.3 is 5.11 Å². The molecule has 0 spiro atoms. The molecule has 0 bridgehead atoms. The van der Waals surface area contributed by atoms with Gasteiger partial charge in [-0.05, 0) is 44.8 Å². The van der Waals surface area contributed by atoms with E-state index in [1.165, 1.54) is 11.1 Å². The summed E-state index contributed by atoms with van der Waals surface area (Å²) in [7, 11) is 0. The Morgan fingerprint density at radius 2 is 1.66 bits per heavy atom. The van der Waals surface area contributed by atoms with Crippen LogP contribution >= 0.6 is 0 Å². The van der Waals surface area contributed by atoms with Gasteiger partial charge in [-0.2, -0.15) is 0 Å². The number of hydrogen-bond donors (Lipinski definition) is 1. The van der Waals surface area contributed by atoms with Gasteiger partial charge in [-0.15, -0.1) is 0 Å². The van der Waals surface area contributed by atoms with Crippen molar-refractivity contribution in [1.82, 2.24) is 9.80 Å². The number of Topliss-reactive ketones (excluding diaryl/α,β-unsaturated/α-hetero) is 1. The van der Waals surface area contributed by atoms with Crippen molar-refractivity contribution in [2.45, 2.75) is 44.9 Å². The van der Waals surface area contributed by atoms with Crippen molar-refractivity contribution in [2.24, 2.45) is 5.92 Å². The number of carbonyl (C=O) groups excluding carboxylic acids is 1. The molecule has 2 unspecified atom stereocenters. The molecule has 0 radical (unpaired) electrons. The van der Waals surface area contributed by atoms with Crippen molar-refractivity contribution >= 4 is 5.78 Å². The molecule has 0 saturated carbocycles. The average molecular weight is 393 g/mol. The molecule has 2 aromatic rings. The highest BCUT2D eigenvalue weighted by molar-refractivity contribution is 5.97.